The van der Waals surface area contributed by atoms with Crippen molar-refractivity contribution >= 4 is 40.0 Å². The number of thiazole rings is 1. The van der Waals surface area contributed by atoms with Gasteiger partial charge in [-0.3, -0.25) is 19.2 Å². The van der Waals surface area contributed by atoms with Crippen LogP contribution in [0.15, 0.2) is 18.3 Å². The maximum Gasteiger partial charge on any atom is 0.243 e. The van der Waals surface area contributed by atoms with Crippen LogP contribution in [0.4, 0.5) is 5.13 Å². The number of carbonyl (C=O) groups is 4. The first-order chi connectivity index (χ1) is 16.0. The molecule has 0 aromatic carbocycles. The number of aromatic nitrogens is 1. The molecule has 188 valence electrons. The van der Waals surface area contributed by atoms with E-state index < -0.39 is 35.5 Å². The summed E-state index contributed by atoms with van der Waals surface area (Å²) >= 11 is 1.40. The molecule has 2 rings (SSSR count). The van der Waals surface area contributed by atoms with E-state index in [2.05, 4.69) is 20.9 Å². The molecular formula is C23H35N5O5S. The van der Waals surface area contributed by atoms with Crippen LogP contribution in [0, 0.1) is 0 Å². The second kappa shape index (κ2) is 12.1. The molecule has 11 heteroatoms. The number of hydrogen-bond donors (Lipinski definition) is 3. The summed E-state index contributed by atoms with van der Waals surface area (Å²) in [5.74, 6) is -1.45. The smallest absolute Gasteiger partial charge is 0.243 e. The summed E-state index contributed by atoms with van der Waals surface area (Å²) < 4.78 is 5.21. The quantitative estimate of drug-likeness (QED) is 0.275. The number of ketones is 1. The molecule has 1 saturated heterocycles. The van der Waals surface area contributed by atoms with E-state index in [0.717, 1.165) is 10.0 Å². The fourth-order valence-electron chi connectivity index (χ4n) is 3.15. The van der Waals surface area contributed by atoms with E-state index in [1.807, 2.05) is 25.9 Å². The van der Waals surface area contributed by atoms with Gasteiger partial charge < -0.3 is 25.6 Å². The van der Waals surface area contributed by atoms with Crippen LogP contribution in [-0.2, 0) is 30.3 Å². The molecule has 0 bridgehead atoms. The van der Waals surface area contributed by atoms with Crippen LogP contribution in [0.25, 0.3) is 0 Å². The third-order valence-electron chi connectivity index (χ3n) is 5.41. The number of nitrogens with one attached hydrogen (secondary N) is 3. The summed E-state index contributed by atoms with van der Waals surface area (Å²) in [7, 11) is 3.74. The second-order valence-corrected chi connectivity index (χ2v) is 9.78. The summed E-state index contributed by atoms with van der Waals surface area (Å²) in [5.41, 5.74) is -0.847. The number of amides is 3. The van der Waals surface area contributed by atoms with Gasteiger partial charge >= 0.3 is 0 Å². The molecule has 34 heavy (non-hydrogen) atoms. The largest absolute Gasteiger partial charge is 0.361 e. The number of rotatable bonds is 13. The SMILES string of the molecule is C/C=C/CC(NC(=O)C(C)NC(=O)Cc1cnc(N(C)C)s1)C(=O)NC(CC)C(=O)C1(C)CO1. The number of Topliss-reactive ketones (excluding diaryl/α,β-unsaturated/α-hetero) is 1. The lowest BCUT2D eigenvalue weighted by atomic mass is 9.98. The zero-order valence-corrected chi connectivity index (χ0v) is 21.5. The number of anilines is 1. The van der Waals surface area contributed by atoms with E-state index in [9.17, 15) is 19.2 Å². The number of carbonyl (C=O) groups excluding carboxylic acids is 4. The molecule has 0 aliphatic carbocycles. The Labute approximate surface area is 204 Å². The molecule has 4 unspecified atom stereocenters. The third-order valence-corrected chi connectivity index (χ3v) is 6.57. The Kier molecular flexibility index (Phi) is 9.75. The Bertz CT molecular complexity index is 925. The van der Waals surface area contributed by atoms with E-state index in [1.54, 1.807) is 39.1 Å². The van der Waals surface area contributed by atoms with Gasteiger partial charge in [-0.1, -0.05) is 19.1 Å². The Morgan fingerprint density at radius 1 is 1.21 bits per heavy atom. The Morgan fingerprint density at radius 3 is 2.38 bits per heavy atom. The van der Waals surface area contributed by atoms with E-state index in [0.29, 0.717) is 13.0 Å². The number of allylic oxidation sites excluding steroid dienone is 1. The summed E-state index contributed by atoms with van der Waals surface area (Å²) in [6.07, 6.45) is 5.94. The number of nitrogens with zero attached hydrogens (tertiary/aromatic N) is 2. The highest BCUT2D eigenvalue weighted by Gasteiger charge is 2.49. The Morgan fingerprint density at radius 2 is 1.85 bits per heavy atom. The number of epoxide rings is 1. The zero-order valence-electron chi connectivity index (χ0n) is 20.6. The van der Waals surface area contributed by atoms with Gasteiger partial charge in [0.15, 0.2) is 10.9 Å². The lowest BCUT2D eigenvalue weighted by Gasteiger charge is -2.24. The van der Waals surface area contributed by atoms with Gasteiger partial charge in [0.2, 0.25) is 17.7 Å². The van der Waals surface area contributed by atoms with Gasteiger partial charge in [0.1, 0.15) is 17.7 Å². The van der Waals surface area contributed by atoms with Crippen molar-refractivity contribution in [2.45, 2.75) is 70.7 Å². The van der Waals surface area contributed by atoms with E-state index >= 15 is 0 Å². The predicted octanol–water partition coefficient (Wildman–Crippen LogP) is 0.960. The standard InChI is InChI=1S/C23H35N5O5S/c1-7-9-10-17(21(32)26-16(8-2)19(30)23(4)13-33-23)27-20(31)14(3)25-18(29)11-15-12-24-22(34-15)28(5)6/h7,9,12,14,16-17H,8,10-11,13H2,1-6H3,(H,25,29)(H,26,32)(H,27,31)/b9-7+. The van der Waals surface area contributed by atoms with Crippen LogP contribution in [0.5, 0.6) is 0 Å². The summed E-state index contributed by atoms with van der Waals surface area (Å²) in [5, 5.41) is 8.87. The average molecular weight is 494 g/mol. The number of hydrogen-bond acceptors (Lipinski definition) is 8. The van der Waals surface area contributed by atoms with Gasteiger partial charge in [0.05, 0.1) is 19.1 Å². The molecule has 0 saturated carbocycles. The van der Waals surface area contributed by atoms with Crippen molar-refractivity contribution in [2.24, 2.45) is 0 Å². The molecule has 0 radical (unpaired) electrons. The van der Waals surface area contributed by atoms with Gasteiger partial charge in [0, 0.05) is 25.2 Å². The molecule has 1 fully saturated rings. The zero-order chi connectivity index (χ0) is 25.5. The van der Waals surface area contributed by atoms with Gasteiger partial charge in [-0.05, 0) is 33.6 Å². The molecule has 0 spiro atoms. The lowest BCUT2D eigenvalue weighted by Crippen LogP contribution is -2.55. The van der Waals surface area contributed by atoms with Crippen molar-refractivity contribution < 1.29 is 23.9 Å². The van der Waals surface area contributed by atoms with Gasteiger partial charge in [0.25, 0.3) is 0 Å². The van der Waals surface area contributed by atoms with E-state index in [4.69, 9.17) is 4.74 Å². The van der Waals surface area contributed by atoms with Crippen LogP contribution in [0.1, 0.15) is 45.4 Å². The van der Waals surface area contributed by atoms with Crippen molar-refractivity contribution in [1.82, 2.24) is 20.9 Å². The first-order valence-electron chi connectivity index (χ1n) is 11.3. The van der Waals surface area contributed by atoms with Crippen LogP contribution >= 0.6 is 11.3 Å². The second-order valence-electron chi connectivity index (χ2n) is 8.69. The van der Waals surface area contributed by atoms with Crippen molar-refractivity contribution in [3.63, 3.8) is 0 Å². The molecule has 1 aliphatic rings. The van der Waals surface area contributed by atoms with Crippen LogP contribution in [0.2, 0.25) is 0 Å². The normalized spacial score (nSPS) is 19.7. The minimum atomic E-state index is -0.887. The third kappa shape index (κ3) is 7.63. The summed E-state index contributed by atoms with van der Waals surface area (Å²) in [6.45, 7) is 7.20. The van der Waals surface area contributed by atoms with Crippen molar-refractivity contribution in [3.05, 3.63) is 23.2 Å². The summed E-state index contributed by atoms with van der Waals surface area (Å²) in [4.78, 5) is 57.5. The highest BCUT2D eigenvalue weighted by atomic mass is 32.1. The van der Waals surface area contributed by atoms with Crippen molar-refractivity contribution in [3.8, 4) is 0 Å². The summed E-state index contributed by atoms with van der Waals surface area (Å²) in [6, 6.07) is -2.44. The van der Waals surface area contributed by atoms with Crippen molar-refractivity contribution in [1.29, 1.82) is 0 Å². The van der Waals surface area contributed by atoms with Crippen LogP contribution < -0.4 is 20.9 Å². The lowest BCUT2D eigenvalue weighted by molar-refractivity contribution is -0.134. The molecule has 4 atom stereocenters. The monoisotopic (exact) mass is 493 g/mol. The van der Waals surface area contributed by atoms with E-state index in [1.165, 1.54) is 11.3 Å². The first kappa shape index (κ1) is 27.5. The average Bonchev–Trinajstić information content (AvgIpc) is 3.36. The topological polar surface area (TPSA) is 133 Å². The number of ether oxygens (including phenoxy) is 1. The van der Waals surface area contributed by atoms with Crippen molar-refractivity contribution in [2.75, 3.05) is 25.6 Å². The molecule has 10 nitrogen and oxygen atoms in total. The van der Waals surface area contributed by atoms with Crippen LogP contribution in [0.3, 0.4) is 0 Å². The maximum atomic E-state index is 12.9. The minimum absolute atomic E-state index is 0.104. The molecule has 3 amide bonds. The Balaban J connectivity index is 1.95. The highest BCUT2D eigenvalue weighted by molar-refractivity contribution is 7.15. The van der Waals surface area contributed by atoms with Gasteiger partial charge in [-0.2, -0.15) is 0 Å². The molecule has 2 heterocycles. The first-order valence-corrected chi connectivity index (χ1v) is 12.1. The fraction of sp³-hybridized carbons (Fsp3) is 0.609. The molecule has 1 aromatic heterocycles. The van der Waals surface area contributed by atoms with Crippen LogP contribution in [-0.4, -0.2) is 72.9 Å². The molecule has 1 aromatic rings. The minimum Gasteiger partial charge on any atom is -0.361 e. The highest BCUT2D eigenvalue weighted by Crippen LogP contribution is 2.28. The van der Waals surface area contributed by atoms with E-state index in [-0.39, 0.29) is 24.5 Å². The predicted molar refractivity (Wildman–Crippen MR) is 131 cm³/mol. The van der Waals surface area contributed by atoms with Gasteiger partial charge in [-0.25, -0.2) is 4.98 Å². The Hall–Kier alpha value is -2.79. The fourth-order valence-corrected chi connectivity index (χ4v) is 3.98. The maximum absolute atomic E-state index is 12.9. The van der Waals surface area contributed by atoms with Gasteiger partial charge in [-0.15, -0.1) is 11.3 Å². The molecular weight excluding hydrogens is 458 g/mol. The molecule has 3 N–H and O–H groups in total. The molecule has 1 aliphatic heterocycles.